The topological polar surface area (TPSA) is 58.6 Å². The van der Waals surface area contributed by atoms with Gasteiger partial charge >= 0.3 is 0 Å². The third-order valence-corrected chi connectivity index (χ3v) is 3.32. The van der Waals surface area contributed by atoms with Crippen molar-refractivity contribution in [3.05, 3.63) is 0 Å². The highest BCUT2D eigenvalue weighted by atomic mass is 16.5. The molecular formula is C14H27NO3. The summed E-state index contributed by atoms with van der Waals surface area (Å²) in [6, 6.07) is 0. The number of aliphatic hydroxyl groups is 1. The van der Waals surface area contributed by atoms with Crippen LogP contribution in [0, 0.1) is 5.92 Å². The lowest BCUT2D eigenvalue weighted by atomic mass is 9.88. The van der Waals surface area contributed by atoms with Crippen molar-refractivity contribution < 1.29 is 14.6 Å². The first kappa shape index (κ1) is 15.4. The first-order chi connectivity index (χ1) is 8.31. The van der Waals surface area contributed by atoms with Crippen LogP contribution in [-0.2, 0) is 9.53 Å². The van der Waals surface area contributed by atoms with Crippen molar-refractivity contribution in [2.45, 2.75) is 71.1 Å². The average molecular weight is 257 g/mol. The predicted molar refractivity (Wildman–Crippen MR) is 71.3 cm³/mol. The van der Waals surface area contributed by atoms with Gasteiger partial charge < -0.3 is 15.2 Å². The first-order valence-electron chi connectivity index (χ1n) is 6.90. The van der Waals surface area contributed by atoms with Crippen LogP contribution >= 0.6 is 0 Å². The molecule has 0 saturated heterocycles. The van der Waals surface area contributed by atoms with Gasteiger partial charge in [0.05, 0.1) is 6.10 Å². The number of carbonyl (C=O) groups is 1. The molecule has 106 valence electrons. The minimum absolute atomic E-state index is 0.0493. The first-order valence-corrected chi connectivity index (χ1v) is 6.90. The highest BCUT2D eigenvalue weighted by molar-refractivity contribution is 5.80. The standard InChI is InChI=1S/C14H27NO3/c1-10(13(17)15-14(2,3)4)18-12-7-5-11(9-16)6-8-12/h10-12,16H,5-9H2,1-4H3,(H,15,17). The maximum atomic E-state index is 11.9. The Kier molecular flexibility index (Phi) is 5.60. The summed E-state index contributed by atoms with van der Waals surface area (Å²) in [5.41, 5.74) is -0.219. The van der Waals surface area contributed by atoms with Crippen molar-refractivity contribution in [3.8, 4) is 0 Å². The van der Waals surface area contributed by atoms with Gasteiger partial charge in [-0.15, -0.1) is 0 Å². The Morgan fingerprint density at radius 2 is 1.89 bits per heavy atom. The van der Waals surface area contributed by atoms with Crippen LogP contribution in [0.5, 0.6) is 0 Å². The van der Waals surface area contributed by atoms with Gasteiger partial charge in [-0.25, -0.2) is 0 Å². The van der Waals surface area contributed by atoms with E-state index in [0.29, 0.717) is 5.92 Å². The van der Waals surface area contributed by atoms with Gasteiger partial charge in [-0.3, -0.25) is 4.79 Å². The van der Waals surface area contributed by atoms with E-state index in [4.69, 9.17) is 9.84 Å². The number of rotatable bonds is 4. The van der Waals surface area contributed by atoms with E-state index < -0.39 is 6.10 Å². The summed E-state index contributed by atoms with van der Waals surface area (Å²) in [6.07, 6.45) is 3.63. The van der Waals surface area contributed by atoms with Gasteiger partial charge in [0.15, 0.2) is 0 Å². The van der Waals surface area contributed by atoms with Gasteiger partial charge in [0.1, 0.15) is 6.10 Å². The summed E-state index contributed by atoms with van der Waals surface area (Å²) in [5.74, 6) is 0.371. The van der Waals surface area contributed by atoms with E-state index in [9.17, 15) is 4.79 Å². The molecule has 0 aliphatic heterocycles. The SMILES string of the molecule is CC(OC1CCC(CO)CC1)C(=O)NC(C)(C)C. The second-order valence-corrected chi connectivity index (χ2v) is 6.34. The highest BCUT2D eigenvalue weighted by Crippen LogP contribution is 2.26. The van der Waals surface area contributed by atoms with Crippen LogP contribution in [0.1, 0.15) is 53.4 Å². The number of hydrogen-bond donors (Lipinski definition) is 2. The second-order valence-electron chi connectivity index (χ2n) is 6.34. The number of ether oxygens (including phenoxy) is 1. The van der Waals surface area contributed by atoms with Crippen molar-refractivity contribution in [1.29, 1.82) is 0 Å². The summed E-state index contributed by atoms with van der Waals surface area (Å²) in [4.78, 5) is 11.9. The zero-order chi connectivity index (χ0) is 13.8. The van der Waals surface area contributed by atoms with Gasteiger partial charge in [0.2, 0.25) is 5.91 Å². The van der Waals surface area contributed by atoms with Crippen LogP contribution in [0.15, 0.2) is 0 Å². The smallest absolute Gasteiger partial charge is 0.249 e. The van der Waals surface area contributed by atoms with Crippen LogP contribution in [0.3, 0.4) is 0 Å². The molecule has 0 radical (unpaired) electrons. The number of nitrogens with one attached hydrogen (secondary N) is 1. The van der Waals surface area contributed by atoms with Crippen molar-refractivity contribution >= 4 is 5.91 Å². The van der Waals surface area contributed by atoms with Crippen molar-refractivity contribution in [2.24, 2.45) is 5.92 Å². The molecule has 1 rings (SSSR count). The lowest BCUT2D eigenvalue weighted by molar-refractivity contribution is -0.138. The number of aliphatic hydroxyl groups excluding tert-OH is 1. The highest BCUT2D eigenvalue weighted by Gasteiger charge is 2.26. The molecule has 1 fully saturated rings. The molecule has 1 atom stereocenters. The molecule has 0 heterocycles. The van der Waals surface area contributed by atoms with Gasteiger partial charge in [-0.1, -0.05) is 0 Å². The molecule has 4 nitrogen and oxygen atoms in total. The third-order valence-electron chi connectivity index (χ3n) is 3.32. The molecular weight excluding hydrogens is 230 g/mol. The van der Waals surface area contributed by atoms with Gasteiger partial charge in [0.25, 0.3) is 0 Å². The summed E-state index contributed by atoms with van der Waals surface area (Å²) in [7, 11) is 0. The minimum Gasteiger partial charge on any atom is -0.396 e. The molecule has 0 bridgehead atoms. The quantitative estimate of drug-likeness (QED) is 0.808. The molecule has 0 spiro atoms. The molecule has 4 heteroatoms. The summed E-state index contributed by atoms with van der Waals surface area (Å²) < 4.78 is 5.80. The van der Waals surface area contributed by atoms with E-state index in [2.05, 4.69) is 5.32 Å². The van der Waals surface area contributed by atoms with Crippen LogP contribution in [0.4, 0.5) is 0 Å². The van der Waals surface area contributed by atoms with Crippen molar-refractivity contribution in [1.82, 2.24) is 5.32 Å². The lowest BCUT2D eigenvalue weighted by Gasteiger charge is -2.30. The summed E-state index contributed by atoms with van der Waals surface area (Å²) in [5, 5.41) is 12.0. The van der Waals surface area contributed by atoms with Crippen LogP contribution in [-0.4, -0.2) is 35.4 Å². The maximum absolute atomic E-state index is 11.9. The molecule has 0 aromatic heterocycles. The van der Waals surface area contributed by atoms with E-state index in [1.807, 2.05) is 20.8 Å². The number of amides is 1. The van der Waals surface area contributed by atoms with E-state index >= 15 is 0 Å². The monoisotopic (exact) mass is 257 g/mol. The molecule has 1 amide bonds. The zero-order valence-corrected chi connectivity index (χ0v) is 12.0. The van der Waals surface area contributed by atoms with E-state index in [0.717, 1.165) is 25.7 Å². The molecule has 1 aliphatic rings. The Morgan fingerprint density at radius 1 is 1.33 bits per heavy atom. The van der Waals surface area contributed by atoms with E-state index in [1.54, 1.807) is 6.92 Å². The number of hydrogen-bond acceptors (Lipinski definition) is 3. The van der Waals surface area contributed by atoms with E-state index in [1.165, 1.54) is 0 Å². The molecule has 1 aliphatic carbocycles. The van der Waals surface area contributed by atoms with Crippen molar-refractivity contribution in [2.75, 3.05) is 6.61 Å². The average Bonchev–Trinajstić information content (AvgIpc) is 2.27. The van der Waals surface area contributed by atoms with Crippen LogP contribution in [0.2, 0.25) is 0 Å². The maximum Gasteiger partial charge on any atom is 0.249 e. The molecule has 1 unspecified atom stereocenters. The van der Waals surface area contributed by atoms with Crippen molar-refractivity contribution in [3.63, 3.8) is 0 Å². The van der Waals surface area contributed by atoms with E-state index in [-0.39, 0.29) is 24.2 Å². The Morgan fingerprint density at radius 3 is 2.33 bits per heavy atom. The Bertz CT molecular complexity index is 265. The van der Waals surface area contributed by atoms with Crippen LogP contribution in [0.25, 0.3) is 0 Å². The Labute approximate surface area is 110 Å². The fourth-order valence-electron chi connectivity index (χ4n) is 2.27. The summed E-state index contributed by atoms with van der Waals surface area (Å²) in [6.45, 7) is 7.96. The fraction of sp³-hybridized carbons (Fsp3) is 0.929. The van der Waals surface area contributed by atoms with Gasteiger partial charge in [-0.2, -0.15) is 0 Å². The molecule has 0 aromatic carbocycles. The van der Waals surface area contributed by atoms with Gasteiger partial charge in [-0.05, 0) is 59.3 Å². The van der Waals surface area contributed by atoms with Gasteiger partial charge in [0, 0.05) is 12.1 Å². The predicted octanol–water partition coefficient (Wildman–Crippen LogP) is 1.86. The molecule has 0 aromatic rings. The normalized spacial score (nSPS) is 26.7. The Hall–Kier alpha value is -0.610. The Balaban J connectivity index is 2.32. The minimum atomic E-state index is -0.403. The lowest BCUT2D eigenvalue weighted by Crippen LogP contribution is -2.46. The molecule has 2 N–H and O–H groups in total. The van der Waals surface area contributed by atoms with Crippen LogP contribution < -0.4 is 5.32 Å². The third kappa shape index (κ3) is 5.36. The second kappa shape index (κ2) is 6.53. The largest absolute Gasteiger partial charge is 0.396 e. The fourth-order valence-corrected chi connectivity index (χ4v) is 2.27. The zero-order valence-electron chi connectivity index (χ0n) is 12.0. The molecule has 1 saturated carbocycles. The number of carbonyl (C=O) groups excluding carboxylic acids is 1. The molecule has 18 heavy (non-hydrogen) atoms. The summed E-state index contributed by atoms with van der Waals surface area (Å²) >= 11 is 0.